The number of nitrogens with zero attached hydrogens (tertiary/aromatic N) is 2. The van der Waals surface area contributed by atoms with Gasteiger partial charge in [0.05, 0.1) is 0 Å². The van der Waals surface area contributed by atoms with E-state index < -0.39 is 0 Å². The first-order chi connectivity index (χ1) is 11.1. The van der Waals surface area contributed by atoms with Crippen LogP contribution in [0.3, 0.4) is 0 Å². The molecule has 0 bridgehead atoms. The maximum absolute atomic E-state index is 12.3. The van der Waals surface area contributed by atoms with Gasteiger partial charge < -0.3 is 9.88 Å². The molecule has 2 aromatic rings. The van der Waals surface area contributed by atoms with Crippen LogP contribution in [-0.2, 0) is 4.79 Å². The number of aromatic nitrogens is 1. The summed E-state index contributed by atoms with van der Waals surface area (Å²) in [5.41, 5.74) is 2.42. The lowest BCUT2D eigenvalue weighted by Gasteiger charge is -2.12. The van der Waals surface area contributed by atoms with E-state index in [9.17, 15) is 9.59 Å². The van der Waals surface area contributed by atoms with E-state index in [2.05, 4.69) is 36.0 Å². The lowest BCUT2D eigenvalue weighted by Crippen LogP contribution is -2.30. The molecule has 1 atom stereocenters. The first-order valence-electron chi connectivity index (χ1n) is 8.00. The quantitative estimate of drug-likeness (QED) is 0.694. The number of nitrogens with one attached hydrogen (secondary N) is 1. The Morgan fingerprint density at radius 2 is 1.96 bits per heavy atom. The van der Waals surface area contributed by atoms with E-state index in [-0.39, 0.29) is 11.9 Å². The number of carbonyl (C=O) groups excluding carboxylic acids is 2. The van der Waals surface area contributed by atoms with Crippen LogP contribution in [0.15, 0.2) is 36.2 Å². The molecule has 0 radical (unpaired) electrons. The molecule has 5 nitrogen and oxygen atoms in total. The van der Waals surface area contributed by atoms with Crippen molar-refractivity contribution in [3.05, 3.63) is 41.7 Å². The molecule has 5 heteroatoms. The van der Waals surface area contributed by atoms with Crippen molar-refractivity contribution in [2.75, 3.05) is 6.54 Å². The van der Waals surface area contributed by atoms with Crippen molar-refractivity contribution in [2.45, 2.75) is 33.2 Å². The van der Waals surface area contributed by atoms with Crippen LogP contribution >= 0.6 is 0 Å². The van der Waals surface area contributed by atoms with Gasteiger partial charge in [-0.1, -0.05) is 25.1 Å². The van der Waals surface area contributed by atoms with Gasteiger partial charge in [-0.15, -0.1) is 0 Å². The maximum atomic E-state index is 12.3. The highest BCUT2D eigenvalue weighted by Crippen LogP contribution is 2.28. The average molecular weight is 311 g/mol. The molecule has 0 spiro atoms. The van der Waals surface area contributed by atoms with Gasteiger partial charge in [-0.25, -0.2) is 4.79 Å². The van der Waals surface area contributed by atoms with E-state index in [0.717, 1.165) is 22.9 Å². The molecule has 1 unspecified atom stereocenters. The van der Waals surface area contributed by atoms with Crippen LogP contribution in [0.5, 0.6) is 0 Å². The number of fused-ring (bicyclic) bond motifs is 1. The van der Waals surface area contributed by atoms with Crippen molar-refractivity contribution >= 4 is 28.9 Å². The van der Waals surface area contributed by atoms with Gasteiger partial charge in [-0.05, 0) is 32.4 Å². The van der Waals surface area contributed by atoms with Crippen molar-refractivity contribution < 1.29 is 9.59 Å². The number of hydrogen-bond acceptors (Lipinski definition) is 2. The number of benzene rings is 1. The summed E-state index contributed by atoms with van der Waals surface area (Å²) < 4.78 is 2.22. The Hall–Kier alpha value is -2.56. The molecule has 1 N–H and O–H groups in total. The summed E-state index contributed by atoms with van der Waals surface area (Å²) in [7, 11) is 0. The lowest BCUT2D eigenvalue weighted by atomic mass is 10.1. The SMILES string of the molecule is CCC(C)n1cc(/C=C2/NC(=O)N(CC)C2=O)c2ccccc21. The minimum absolute atomic E-state index is 0.266. The molecule has 2 heterocycles. The highest BCUT2D eigenvalue weighted by Gasteiger charge is 2.32. The molecule has 1 fully saturated rings. The zero-order valence-corrected chi connectivity index (χ0v) is 13.7. The third-order valence-electron chi connectivity index (χ3n) is 4.42. The van der Waals surface area contributed by atoms with Gasteiger partial charge in [-0.2, -0.15) is 0 Å². The first kappa shape index (κ1) is 15.3. The molecule has 0 aliphatic carbocycles. The highest BCUT2D eigenvalue weighted by molar-refractivity contribution is 6.14. The molecule has 1 aromatic carbocycles. The van der Waals surface area contributed by atoms with Crippen molar-refractivity contribution in [3.8, 4) is 0 Å². The molecule has 3 amide bonds. The molecule has 1 aliphatic heterocycles. The smallest absolute Gasteiger partial charge is 0.328 e. The lowest BCUT2D eigenvalue weighted by molar-refractivity contribution is -0.122. The van der Waals surface area contributed by atoms with Crippen LogP contribution in [0, 0.1) is 0 Å². The number of carbonyl (C=O) groups is 2. The second-order valence-corrected chi connectivity index (χ2v) is 5.80. The summed E-state index contributed by atoms with van der Waals surface area (Å²) in [6.07, 6.45) is 4.85. The summed E-state index contributed by atoms with van der Waals surface area (Å²) in [6, 6.07) is 8.14. The average Bonchev–Trinajstić information content (AvgIpc) is 3.05. The van der Waals surface area contributed by atoms with Crippen LogP contribution in [0.25, 0.3) is 17.0 Å². The molecule has 0 saturated carbocycles. The van der Waals surface area contributed by atoms with Gasteiger partial charge in [0, 0.05) is 35.2 Å². The van der Waals surface area contributed by atoms with Crippen molar-refractivity contribution in [1.82, 2.24) is 14.8 Å². The normalized spacial score (nSPS) is 18.0. The Labute approximate surface area is 135 Å². The van der Waals surface area contributed by atoms with Gasteiger partial charge >= 0.3 is 6.03 Å². The molecule has 3 rings (SSSR count). The molecule has 1 aromatic heterocycles. The highest BCUT2D eigenvalue weighted by atomic mass is 16.2. The minimum Gasteiger partial charge on any atom is -0.344 e. The molecule has 1 aliphatic rings. The standard InChI is InChI=1S/C18H21N3O2/c1-4-12(3)21-11-13(14-8-6-7-9-16(14)21)10-15-17(22)20(5-2)18(23)19-15/h6-12H,4-5H2,1-3H3,(H,19,23)/b15-10+. The van der Waals surface area contributed by atoms with Gasteiger partial charge in [0.2, 0.25) is 0 Å². The maximum Gasteiger partial charge on any atom is 0.328 e. The van der Waals surface area contributed by atoms with E-state index >= 15 is 0 Å². The number of hydrogen-bond donors (Lipinski definition) is 1. The largest absolute Gasteiger partial charge is 0.344 e. The van der Waals surface area contributed by atoms with E-state index in [1.165, 1.54) is 4.90 Å². The summed E-state index contributed by atoms with van der Waals surface area (Å²) in [6.45, 7) is 6.48. The fraction of sp³-hybridized carbons (Fsp3) is 0.333. The van der Waals surface area contributed by atoms with Crippen LogP contribution in [-0.4, -0.2) is 28.0 Å². The summed E-state index contributed by atoms with van der Waals surface area (Å²) in [5, 5.41) is 3.74. The van der Waals surface area contributed by atoms with Crippen molar-refractivity contribution in [3.63, 3.8) is 0 Å². The monoisotopic (exact) mass is 311 g/mol. The second kappa shape index (κ2) is 5.91. The number of urea groups is 1. The number of amides is 3. The van der Waals surface area contributed by atoms with Crippen LogP contribution < -0.4 is 5.32 Å². The molecule has 23 heavy (non-hydrogen) atoms. The van der Waals surface area contributed by atoms with Gasteiger partial charge in [0.1, 0.15) is 5.70 Å². The predicted octanol–water partition coefficient (Wildman–Crippen LogP) is 3.52. The fourth-order valence-corrected chi connectivity index (χ4v) is 2.92. The first-order valence-corrected chi connectivity index (χ1v) is 8.00. The summed E-state index contributed by atoms with van der Waals surface area (Å²) in [4.78, 5) is 25.2. The van der Waals surface area contributed by atoms with Crippen LogP contribution in [0.4, 0.5) is 4.79 Å². The number of rotatable bonds is 4. The zero-order chi connectivity index (χ0) is 16.6. The van der Waals surface area contributed by atoms with E-state index in [1.54, 1.807) is 13.0 Å². The topological polar surface area (TPSA) is 54.3 Å². The number of imide groups is 1. The third-order valence-corrected chi connectivity index (χ3v) is 4.42. The third kappa shape index (κ3) is 2.52. The Morgan fingerprint density at radius 3 is 2.61 bits per heavy atom. The molecular formula is C18H21N3O2. The van der Waals surface area contributed by atoms with Gasteiger partial charge in [0.15, 0.2) is 0 Å². The van der Waals surface area contributed by atoms with Crippen molar-refractivity contribution in [2.24, 2.45) is 0 Å². The summed E-state index contributed by atoms with van der Waals surface area (Å²) in [5.74, 6) is -0.266. The fourth-order valence-electron chi connectivity index (χ4n) is 2.92. The van der Waals surface area contributed by atoms with E-state index in [1.807, 2.05) is 18.2 Å². The van der Waals surface area contributed by atoms with E-state index in [4.69, 9.17) is 0 Å². The molecule has 120 valence electrons. The summed E-state index contributed by atoms with van der Waals surface area (Å²) >= 11 is 0. The van der Waals surface area contributed by atoms with Crippen LogP contribution in [0.2, 0.25) is 0 Å². The molecular weight excluding hydrogens is 290 g/mol. The zero-order valence-electron chi connectivity index (χ0n) is 13.7. The van der Waals surface area contributed by atoms with Gasteiger partial charge in [-0.3, -0.25) is 9.69 Å². The van der Waals surface area contributed by atoms with Crippen molar-refractivity contribution in [1.29, 1.82) is 0 Å². The Kier molecular flexibility index (Phi) is 3.94. The predicted molar refractivity (Wildman–Crippen MR) is 90.8 cm³/mol. The van der Waals surface area contributed by atoms with Gasteiger partial charge in [0.25, 0.3) is 5.91 Å². The van der Waals surface area contributed by atoms with E-state index in [0.29, 0.717) is 18.3 Å². The number of likely N-dealkylation sites (N-methyl/N-ethyl adjacent to an activating group) is 1. The Bertz CT molecular complexity index is 804. The Morgan fingerprint density at radius 1 is 1.22 bits per heavy atom. The molecule has 1 saturated heterocycles. The van der Waals surface area contributed by atoms with Crippen LogP contribution in [0.1, 0.15) is 38.8 Å². The number of para-hydroxylation sites is 1. The Balaban J connectivity index is 2.09. The second-order valence-electron chi connectivity index (χ2n) is 5.80. The minimum atomic E-state index is -0.352.